The molecular weight excluding hydrogens is 542 g/mol. The Morgan fingerprint density at radius 2 is 1.90 bits per heavy atom. The van der Waals surface area contributed by atoms with Crippen LogP contribution in [0.15, 0.2) is 67.3 Å². The minimum Gasteiger partial charge on any atom is -0.507 e. The second-order valence-electron chi connectivity index (χ2n) is 9.72. The van der Waals surface area contributed by atoms with Crippen LogP contribution in [0.5, 0.6) is 23.0 Å². The summed E-state index contributed by atoms with van der Waals surface area (Å²) in [6.45, 7) is 8.66. The lowest BCUT2D eigenvalue weighted by molar-refractivity contribution is 0.0745. The Hall–Kier alpha value is -4.43. The number of hydrogen-bond acceptors (Lipinski definition) is 6. The SMILES string of the molecule is C=CCOc1ccc(C2c3c(-c4cc(Cl)c(C)cc4O)n[nH]c3C(=O)N2CCc2ccc(OC)cc2)cc1OCC. The maximum atomic E-state index is 13.9. The molecule has 1 aliphatic heterocycles. The molecule has 1 unspecified atom stereocenters. The number of amides is 1. The lowest BCUT2D eigenvalue weighted by atomic mass is 9.94. The normalized spacial score (nSPS) is 14.2. The van der Waals surface area contributed by atoms with Gasteiger partial charge in [-0.3, -0.25) is 9.89 Å². The van der Waals surface area contributed by atoms with Gasteiger partial charge < -0.3 is 24.2 Å². The van der Waals surface area contributed by atoms with Crippen molar-refractivity contribution in [2.45, 2.75) is 26.3 Å². The lowest BCUT2D eigenvalue weighted by Gasteiger charge is -2.27. The third kappa shape index (κ3) is 5.47. The van der Waals surface area contributed by atoms with E-state index in [0.29, 0.717) is 65.2 Å². The Morgan fingerprint density at radius 3 is 2.61 bits per heavy atom. The van der Waals surface area contributed by atoms with E-state index in [0.717, 1.165) is 22.4 Å². The fraction of sp³-hybridized carbons (Fsp3) is 0.250. The number of phenolic OH excluding ortho intramolecular Hbond substituents is 1. The van der Waals surface area contributed by atoms with Gasteiger partial charge in [-0.25, -0.2) is 0 Å². The first-order chi connectivity index (χ1) is 19.9. The molecule has 0 fully saturated rings. The lowest BCUT2D eigenvalue weighted by Crippen LogP contribution is -2.31. The van der Waals surface area contributed by atoms with Crippen LogP contribution in [0.1, 0.15) is 45.7 Å². The monoisotopic (exact) mass is 573 g/mol. The first-order valence-corrected chi connectivity index (χ1v) is 13.8. The second-order valence-corrected chi connectivity index (χ2v) is 10.1. The topological polar surface area (TPSA) is 96.9 Å². The number of ether oxygens (including phenoxy) is 3. The molecular formula is C32H32ClN3O5. The fourth-order valence-corrected chi connectivity index (χ4v) is 5.27. The van der Waals surface area contributed by atoms with Gasteiger partial charge in [0.1, 0.15) is 29.5 Å². The molecule has 0 radical (unpaired) electrons. The highest BCUT2D eigenvalue weighted by Gasteiger charge is 2.42. The number of aromatic nitrogens is 2. The first-order valence-electron chi connectivity index (χ1n) is 13.4. The average molecular weight is 574 g/mol. The van der Waals surface area contributed by atoms with Crippen LogP contribution < -0.4 is 14.2 Å². The van der Waals surface area contributed by atoms with Gasteiger partial charge in [0.05, 0.1) is 19.8 Å². The van der Waals surface area contributed by atoms with Gasteiger partial charge in [0.25, 0.3) is 5.91 Å². The number of H-pyrrole nitrogens is 1. The van der Waals surface area contributed by atoms with E-state index in [1.165, 1.54) is 0 Å². The van der Waals surface area contributed by atoms with E-state index in [4.69, 9.17) is 25.8 Å². The average Bonchev–Trinajstić information content (AvgIpc) is 3.52. The molecule has 0 saturated heterocycles. The van der Waals surface area contributed by atoms with Crippen molar-refractivity contribution in [2.75, 3.05) is 26.9 Å². The van der Waals surface area contributed by atoms with E-state index in [-0.39, 0.29) is 11.7 Å². The maximum absolute atomic E-state index is 13.9. The molecule has 1 atom stereocenters. The van der Waals surface area contributed by atoms with E-state index < -0.39 is 6.04 Å². The molecule has 2 heterocycles. The molecule has 5 rings (SSSR count). The summed E-state index contributed by atoms with van der Waals surface area (Å²) in [6, 6.07) is 16.2. The summed E-state index contributed by atoms with van der Waals surface area (Å²) in [7, 11) is 1.63. The van der Waals surface area contributed by atoms with Gasteiger partial charge in [0.15, 0.2) is 11.5 Å². The van der Waals surface area contributed by atoms with Gasteiger partial charge in [0, 0.05) is 22.7 Å². The number of carbonyl (C=O) groups excluding carboxylic acids is 1. The van der Waals surface area contributed by atoms with Crippen LogP contribution in [0.3, 0.4) is 0 Å². The summed E-state index contributed by atoms with van der Waals surface area (Å²) in [4.78, 5) is 15.7. The summed E-state index contributed by atoms with van der Waals surface area (Å²) < 4.78 is 17.0. The van der Waals surface area contributed by atoms with Gasteiger partial charge >= 0.3 is 0 Å². The van der Waals surface area contributed by atoms with Crippen LogP contribution in [0.2, 0.25) is 5.02 Å². The van der Waals surface area contributed by atoms with Gasteiger partial charge in [-0.05, 0) is 73.4 Å². The maximum Gasteiger partial charge on any atom is 0.273 e. The number of hydrogen-bond donors (Lipinski definition) is 2. The van der Waals surface area contributed by atoms with Crippen LogP contribution >= 0.6 is 11.6 Å². The van der Waals surface area contributed by atoms with Crippen LogP contribution in [0, 0.1) is 6.92 Å². The smallest absolute Gasteiger partial charge is 0.273 e. The standard InChI is InChI=1S/C32H32ClN3O5/c1-5-15-41-26-12-9-21(17-27(26)40-6-2)31-28-29(23-18-24(33)19(3)16-25(23)37)34-35-30(28)32(38)36(31)14-13-20-7-10-22(39-4)11-8-20/h5,7-12,16-18,31,37H,1,6,13-15H2,2-4H3,(H,34,35). The van der Waals surface area contributed by atoms with Crippen molar-refractivity contribution in [1.29, 1.82) is 0 Å². The summed E-state index contributed by atoms with van der Waals surface area (Å²) in [5.41, 5.74) is 4.59. The van der Waals surface area contributed by atoms with E-state index >= 15 is 0 Å². The number of benzene rings is 3. The van der Waals surface area contributed by atoms with Crippen molar-refractivity contribution in [1.82, 2.24) is 15.1 Å². The summed E-state index contributed by atoms with van der Waals surface area (Å²) in [6.07, 6.45) is 2.29. The molecule has 212 valence electrons. The molecule has 4 aromatic rings. The first kappa shape index (κ1) is 28.1. The number of nitrogens with one attached hydrogen (secondary N) is 1. The highest BCUT2D eigenvalue weighted by atomic mass is 35.5. The number of aryl methyl sites for hydroxylation is 1. The van der Waals surface area contributed by atoms with Crippen molar-refractivity contribution >= 4 is 17.5 Å². The van der Waals surface area contributed by atoms with Crippen molar-refractivity contribution in [3.63, 3.8) is 0 Å². The Bertz CT molecular complexity index is 1580. The number of aromatic hydroxyl groups is 1. The Kier molecular flexibility index (Phi) is 8.21. The Balaban J connectivity index is 1.60. The van der Waals surface area contributed by atoms with Crippen LogP contribution in [-0.4, -0.2) is 53.0 Å². The van der Waals surface area contributed by atoms with Gasteiger partial charge in [0.2, 0.25) is 0 Å². The predicted molar refractivity (Wildman–Crippen MR) is 158 cm³/mol. The fourth-order valence-electron chi connectivity index (χ4n) is 5.11. The van der Waals surface area contributed by atoms with Crippen LogP contribution in [0.25, 0.3) is 11.3 Å². The molecule has 0 aliphatic carbocycles. The quantitative estimate of drug-likeness (QED) is 0.199. The number of aromatic amines is 1. The number of nitrogens with zero attached hydrogens (tertiary/aromatic N) is 2. The third-order valence-electron chi connectivity index (χ3n) is 7.14. The molecule has 0 bridgehead atoms. The van der Waals surface area contributed by atoms with E-state index in [1.54, 1.807) is 25.3 Å². The largest absolute Gasteiger partial charge is 0.507 e. The number of rotatable bonds is 11. The van der Waals surface area contributed by atoms with E-state index in [1.807, 2.05) is 61.2 Å². The molecule has 1 amide bonds. The molecule has 2 N–H and O–H groups in total. The summed E-state index contributed by atoms with van der Waals surface area (Å²) >= 11 is 6.45. The van der Waals surface area contributed by atoms with Crippen LogP contribution in [0.4, 0.5) is 0 Å². The van der Waals surface area contributed by atoms with Gasteiger partial charge in [-0.15, -0.1) is 0 Å². The molecule has 3 aromatic carbocycles. The second kappa shape index (κ2) is 12.0. The van der Waals surface area contributed by atoms with Gasteiger partial charge in [-0.1, -0.05) is 42.5 Å². The molecule has 1 aromatic heterocycles. The number of carbonyl (C=O) groups is 1. The minimum atomic E-state index is -0.503. The molecule has 41 heavy (non-hydrogen) atoms. The Labute approximate surface area is 244 Å². The highest BCUT2D eigenvalue weighted by Crippen LogP contribution is 2.46. The zero-order valence-corrected chi connectivity index (χ0v) is 24.0. The van der Waals surface area contributed by atoms with Crippen molar-refractivity contribution in [3.8, 4) is 34.3 Å². The number of phenols is 1. The van der Waals surface area contributed by atoms with Crippen molar-refractivity contribution in [3.05, 3.63) is 100 Å². The zero-order chi connectivity index (χ0) is 29.1. The molecule has 0 saturated carbocycles. The third-order valence-corrected chi connectivity index (χ3v) is 7.54. The molecule has 8 nitrogen and oxygen atoms in total. The van der Waals surface area contributed by atoms with Crippen LogP contribution in [-0.2, 0) is 6.42 Å². The van der Waals surface area contributed by atoms with E-state index in [2.05, 4.69) is 16.8 Å². The minimum absolute atomic E-state index is 0.0345. The summed E-state index contributed by atoms with van der Waals surface area (Å²) in [5, 5.41) is 18.8. The number of halogens is 1. The van der Waals surface area contributed by atoms with E-state index in [9.17, 15) is 9.90 Å². The molecule has 0 spiro atoms. The number of fused-ring (bicyclic) bond motifs is 1. The summed E-state index contributed by atoms with van der Waals surface area (Å²) in [5.74, 6) is 1.77. The zero-order valence-electron chi connectivity index (χ0n) is 23.2. The number of methoxy groups -OCH3 is 1. The Morgan fingerprint density at radius 1 is 1.12 bits per heavy atom. The molecule has 1 aliphatic rings. The van der Waals surface area contributed by atoms with Crippen molar-refractivity contribution < 1.29 is 24.1 Å². The predicted octanol–water partition coefficient (Wildman–Crippen LogP) is 6.50. The molecule has 9 heteroatoms. The highest BCUT2D eigenvalue weighted by molar-refractivity contribution is 6.31. The van der Waals surface area contributed by atoms with Gasteiger partial charge in [-0.2, -0.15) is 5.10 Å². The van der Waals surface area contributed by atoms with Crippen molar-refractivity contribution in [2.24, 2.45) is 0 Å².